The number of hydrogen-bond donors (Lipinski definition) is 0. The van der Waals surface area contributed by atoms with E-state index in [1.165, 1.54) is 66.3 Å². The highest BCUT2D eigenvalue weighted by Gasteiger charge is 2.51. The minimum Gasteiger partial charge on any atom is -0.457 e. The summed E-state index contributed by atoms with van der Waals surface area (Å²) in [7, 11) is 0. The molecule has 2 aliphatic rings. The number of aromatic nitrogens is 1. The average molecular weight is 664 g/mol. The van der Waals surface area contributed by atoms with Gasteiger partial charge in [0.1, 0.15) is 22.7 Å². The van der Waals surface area contributed by atoms with Crippen LogP contribution in [0.2, 0.25) is 0 Å². The van der Waals surface area contributed by atoms with Crippen molar-refractivity contribution >= 4 is 43.7 Å². The Balaban J connectivity index is 1.10. The third-order valence-electron chi connectivity index (χ3n) is 11.5. The van der Waals surface area contributed by atoms with E-state index < -0.39 is 5.41 Å². The molecular formula is C49H29NO2. The maximum atomic E-state index is 6.59. The lowest BCUT2D eigenvalue weighted by Crippen LogP contribution is -2.32. The van der Waals surface area contributed by atoms with Crippen molar-refractivity contribution in [2.45, 2.75) is 5.41 Å². The summed E-state index contributed by atoms with van der Waals surface area (Å²) < 4.78 is 15.2. The molecule has 2 aromatic heterocycles. The van der Waals surface area contributed by atoms with Gasteiger partial charge in [-0.05, 0) is 94.0 Å². The normalized spacial score (nSPS) is 13.7. The summed E-state index contributed by atoms with van der Waals surface area (Å²) in [5.41, 5.74) is 14.6. The molecule has 3 heteroatoms. The zero-order valence-electron chi connectivity index (χ0n) is 28.0. The van der Waals surface area contributed by atoms with Crippen molar-refractivity contribution in [3.05, 3.63) is 198 Å². The zero-order chi connectivity index (χ0) is 34.0. The van der Waals surface area contributed by atoms with E-state index in [1.54, 1.807) is 0 Å². The van der Waals surface area contributed by atoms with Gasteiger partial charge in [0.05, 0.1) is 16.4 Å². The Labute approximate surface area is 299 Å². The van der Waals surface area contributed by atoms with E-state index in [0.29, 0.717) is 0 Å². The SMILES string of the molecule is c1ccc2c(c1)Oc1ccccc1C21c2ccccc2-c2ccc(-n3c4ccccc4c4cc(-c5ccc6oc7ccccc7c6c5)ccc43)cc21. The fourth-order valence-electron chi connectivity index (χ4n) is 9.32. The van der Waals surface area contributed by atoms with Gasteiger partial charge in [-0.25, -0.2) is 0 Å². The highest BCUT2D eigenvalue weighted by atomic mass is 16.5. The molecule has 0 fully saturated rings. The molecule has 1 spiro atoms. The van der Waals surface area contributed by atoms with Gasteiger partial charge in [-0.2, -0.15) is 0 Å². The maximum absolute atomic E-state index is 6.59. The van der Waals surface area contributed by atoms with E-state index >= 15 is 0 Å². The van der Waals surface area contributed by atoms with E-state index in [9.17, 15) is 0 Å². The smallest absolute Gasteiger partial charge is 0.135 e. The molecule has 1 aliphatic heterocycles. The maximum Gasteiger partial charge on any atom is 0.135 e. The average Bonchev–Trinajstić information content (AvgIpc) is 3.84. The second kappa shape index (κ2) is 10.1. The lowest BCUT2D eigenvalue weighted by Gasteiger charge is -2.39. The van der Waals surface area contributed by atoms with E-state index in [4.69, 9.17) is 9.15 Å². The number of fused-ring (bicyclic) bond motifs is 15. The highest BCUT2D eigenvalue weighted by molar-refractivity contribution is 6.11. The molecule has 0 bridgehead atoms. The van der Waals surface area contributed by atoms with E-state index in [2.05, 4.69) is 168 Å². The van der Waals surface area contributed by atoms with Crippen LogP contribution in [0.1, 0.15) is 22.3 Å². The number of furan rings is 1. The summed E-state index contributed by atoms with van der Waals surface area (Å²) in [4.78, 5) is 0. The van der Waals surface area contributed by atoms with E-state index in [-0.39, 0.29) is 0 Å². The third kappa shape index (κ3) is 3.54. The van der Waals surface area contributed by atoms with Gasteiger partial charge < -0.3 is 13.7 Å². The van der Waals surface area contributed by atoms with Gasteiger partial charge >= 0.3 is 0 Å². The van der Waals surface area contributed by atoms with Crippen LogP contribution < -0.4 is 4.74 Å². The predicted octanol–water partition coefficient (Wildman–Crippen LogP) is 12.8. The molecule has 1 aliphatic carbocycles. The van der Waals surface area contributed by atoms with E-state index in [0.717, 1.165) is 39.1 Å². The van der Waals surface area contributed by atoms with Crippen LogP contribution in [0.3, 0.4) is 0 Å². The van der Waals surface area contributed by atoms with Gasteiger partial charge in [0.15, 0.2) is 0 Å². The van der Waals surface area contributed by atoms with Gasteiger partial charge in [-0.1, -0.05) is 115 Å². The second-order valence-corrected chi connectivity index (χ2v) is 14.0. The Kier molecular flexibility index (Phi) is 5.43. The molecule has 12 rings (SSSR count). The lowest BCUT2D eigenvalue weighted by atomic mass is 9.66. The van der Waals surface area contributed by atoms with E-state index in [1.807, 2.05) is 12.1 Å². The molecule has 0 saturated heterocycles. The summed E-state index contributed by atoms with van der Waals surface area (Å²) >= 11 is 0. The number of para-hydroxylation sites is 4. The largest absolute Gasteiger partial charge is 0.457 e. The fraction of sp³-hybridized carbons (Fsp3) is 0.0204. The first-order valence-electron chi connectivity index (χ1n) is 17.8. The molecule has 3 nitrogen and oxygen atoms in total. The first-order valence-corrected chi connectivity index (χ1v) is 17.8. The Bertz CT molecular complexity index is 3080. The van der Waals surface area contributed by atoms with Gasteiger partial charge in [0.25, 0.3) is 0 Å². The molecule has 0 amide bonds. The van der Waals surface area contributed by atoms with Crippen molar-refractivity contribution in [3.8, 4) is 39.4 Å². The minimum absolute atomic E-state index is 0.519. The molecule has 0 atom stereocenters. The Hall–Kier alpha value is -6.84. The highest BCUT2D eigenvalue weighted by Crippen LogP contribution is 2.62. The molecule has 3 heterocycles. The first kappa shape index (κ1) is 27.9. The van der Waals surface area contributed by atoms with Crippen LogP contribution in [-0.4, -0.2) is 4.57 Å². The molecule has 52 heavy (non-hydrogen) atoms. The third-order valence-corrected chi connectivity index (χ3v) is 11.5. The molecule has 242 valence electrons. The summed E-state index contributed by atoms with van der Waals surface area (Å²) in [6.45, 7) is 0. The molecule has 10 aromatic rings. The summed E-state index contributed by atoms with van der Waals surface area (Å²) in [5, 5.41) is 4.74. The molecular weight excluding hydrogens is 635 g/mol. The Morgan fingerprint density at radius 1 is 0.385 bits per heavy atom. The van der Waals surface area contributed by atoms with Crippen LogP contribution in [0.5, 0.6) is 11.5 Å². The number of ether oxygens (including phenoxy) is 1. The zero-order valence-corrected chi connectivity index (χ0v) is 28.0. The van der Waals surface area contributed by atoms with Crippen molar-refractivity contribution in [2.24, 2.45) is 0 Å². The number of nitrogens with zero attached hydrogens (tertiary/aromatic N) is 1. The Morgan fingerprint density at radius 2 is 0.981 bits per heavy atom. The number of hydrogen-bond acceptors (Lipinski definition) is 2. The second-order valence-electron chi connectivity index (χ2n) is 14.0. The monoisotopic (exact) mass is 663 g/mol. The fourth-order valence-corrected chi connectivity index (χ4v) is 9.32. The van der Waals surface area contributed by atoms with Crippen LogP contribution >= 0.6 is 0 Å². The van der Waals surface area contributed by atoms with Gasteiger partial charge in [-0.15, -0.1) is 0 Å². The summed E-state index contributed by atoms with van der Waals surface area (Å²) in [6, 6.07) is 63.6. The van der Waals surface area contributed by atoms with Gasteiger partial charge in [0, 0.05) is 38.4 Å². The van der Waals surface area contributed by atoms with Crippen LogP contribution in [0.4, 0.5) is 0 Å². The van der Waals surface area contributed by atoms with Crippen molar-refractivity contribution in [1.82, 2.24) is 4.57 Å². The standard InChI is InChI=1S/C49H29NO2/c1-4-14-39-33(11-1)34-24-23-32(29-42(34)49(39)40-15-5-9-19-47(40)52-48-20-10-6-16-41(48)49)50-43-17-7-2-12-35(43)37-27-30(21-25-44(37)50)31-22-26-46-38(28-31)36-13-3-8-18-45(36)51-46/h1-29H. The molecule has 0 radical (unpaired) electrons. The minimum atomic E-state index is -0.519. The molecule has 0 N–H and O–H groups in total. The predicted molar refractivity (Wildman–Crippen MR) is 211 cm³/mol. The van der Waals surface area contributed by atoms with Crippen LogP contribution in [0.15, 0.2) is 180 Å². The van der Waals surface area contributed by atoms with Crippen LogP contribution in [-0.2, 0) is 5.41 Å². The van der Waals surface area contributed by atoms with Crippen LogP contribution in [0.25, 0.3) is 71.7 Å². The molecule has 8 aromatic carbocycles. The summed E-state index contributed by atoms with van der Waals surface area (Å²) in [5.74, 6) is 1.81. The molecule has 0 saturated carbocycles. The lowest BCUT2D eigenvalue weighted by molar-refractivity contribution is 0.436. The van der Waals surface area contributed by atoms with Crippen molar-refractivity contribution in [2.75, 3.05) is 0 Å². The van der Waals surface area contributed by atoms with Gasteiger partial charge in [-0.3, -0.25) is 0 Å². The summed E-state index contributed by atoms with van der Waals surface area (Å²) in [6.07, 6.45) is 0. The first-order chi connectivity index (χ1) is 25.8. The number of rotatable bonds is 2. The van der Waals surface area contributed by atoms with Crippen molar-refractivity contribution in [3.63, 3.8) is 0 Å². The topological polar surface area (TPSA) is 27.3 Å². The Morgan fingerprint density at radius 3 is 1.81 bits per heavy atom. The quantitative estimate of drug-likeness (QED) is 0.184. The number of benzene rings is 8. The van der Waals surface area contributed by atoms with Crippen LogP contribution in [0, 0.1) is 0 Å². The molecule has 0 unspecified atom stereocenters. The van der Waals surface area contributed by atoms with Crippen molar-refractivity contribution < 1.29 is 9.15 Å². The van der Waals surface area contributed by atoms with Crippen molar-refractivity contribution in [1.29, 1.82) is 0 Å². The van der Waals surface area contributed by atoms with Gasteiger partial charge in [0.2, 0.25) is 0 Å².